The van der Waals surface area contributed by atoms with Gasteiger partial charge in [-0.25, -0.2) is 13.1 Å². The lowest BCUT2D eigenvalue weighted by molar-refractivity contribution is 0.402. The van der Waals surface area contributed by atoms with Gasteiger partial charge in [0.2, 0.25) is 10.0 Å². The van der Waals surface area contributed by atoms with Crippen LogP contribution in [0, 0.1) is 11.8 Å². The van der Waals surface area contributed by atoms with Crippen molar-refractivity contribution in [2.45, 2.75) is 50.5 Å². The number of benzene rings is 1. The fourth-order valence-corrected chi connectivity index (χ4v) is 4.30. The van der Waals surface area contributed by atoms with Crippen molar-refractivity contribution >= 4 is 10.0 Å². The molecular formula is C16H26N2O2S. The van der Waals surface area contributed by atoms with Gasteiger partial charge in [0, 0.05) is 6.04 Å². The van der Waals surface area contributed by atoms with E-state index in [1.165, 1.54) is 0 Å². The average molecular weight is 310 g/mol. The van der Waals surface area contributed by atoms with Crippen LogP contribution in [0.15, 0.2) is 29.2 Å². The van der Waals surface area contributed by atoms with E-state index >= 15 is 0 Å². The molecule has 0 spiro atoms. The van der Waals surface area contributed by atoms with Gasteiger partial charge in [-0.1, -0.05) is 26.0 Å². The molecule has 1 saturated carbocycles. The summed E-state index contributed by atoms with van der Waals surface area (Å²) in [6.07, 6.45) is 3.83. The third kappa shape index (κ3) is 4.05. The van der Waals surface area contributed by atoms with Crippen LogP contribution in [0.4, 0.5) is 0 Å². The molecule has 0 saturated heterocycles. The Morgan fingerprint density at radius 2 is 1.86 bits per heavy atom. The number of rotatable bonds is 6. The second-order valence-corrected chi connectivity index (χ2v) is 7.89. The molecule has 0 radical (unpaired) electrons. The summed E-state index contributed by atoms with van der Waals surface area (Å²) in [6.45, 7) is 4.96. The molecule has 4 nitrogen and oxygen atoms in total. The monoisotopic (exact) mass is 310 g/mol. The fraction of sp³-hybridized carbons (Fsp3) is 0.625. The van der Waals surface area contributed by atoms with Gasteiger partial charge in [0.05, 0.1) is 4.90 Å². The molecule has 3 N–H and O–H groups in total. The van der Waals surface area contributed by atoms with Crippen LogP contribution in [-0.2, 0) is 16.4 Å². The summed E-state index contributed by atoms with van der Waals surface area (Å²) in [4.78, 5) is 0.353. The first-order valence-electron chi connectivity index (χ1n) is 7.75. The molecule has 2 rings (SSSR count). The summed E-state index contributed by atoms with van der Waals surface area (Å²) in [5.41, 5.74) is 6.61. The number of sulfonamides is 1. The third-order valence-electron chi connectivity index (χ3n) is 4.68. The number of hydrogen-bond acceptors (Lipinski definition) is 3. The Balaban J connectivity index is 2.05. The number of hydrogen-bond donors (Lipinski definition) is 2. The van der Waals surface area contributed by atoms with Crippen molar-refractivity contribution < 1.29 is 8.42 Å². The molecule has 1 aromatic carbocycles. The first-order valence-corrected chi connectivity index (χ1v) is 9.23. The Bertz CT molecular complexity index is 554. The van der Waals surface area contributed by atoms with E-state index in [4.69, 9.17) is 5.73 Å². The minimum Gasteiger partial charge on any atom is -0.330 e. The SMILES string of the molecule is CC1CCC(NS(=O)(=O)c2ccc(CCCN)cc2)C1C. The van der Waals surface area contributed by atoms with Crippen LogP contribution in [0.25, 0.3) is 0 Å². The van der Waals surface area contributed by atoms with Gasteiger partial charge in [-0.05, 0) is 61.8 Å². The minimum atomic E-state index is -3.41. The first-order chi connectivity index (χ1) is 9.94. The highest BCUT2D eigenvalue weighted by Gasteiger charge is 2.32. The summed E-state index contributed by atoms with van der Waals surface area (Å²) in [7, 11) is -3.41. The maximum atomic E-state index is 12.4. The Kier molecular flexibility index (Phi) is 5.41. The molecule has 0 bridgehead atoms. The van der Waals surface area contributed by atoms with Crippen molar-refractivity contribution in [2.24, 2.45) is 17.6 Å². The molecule has 0 amide bonds. The zero-order chi connectivity index (χ0) is 15.5. The lowest BCUT2D eigenvalue weighted by Crippen LogP contribution is -2.37. The van der Waals surface area contributed by atoms with Gasteiger partial charge < -0.3 is 5.73 Å². The highest BCUT2D eigenvalue weighted by Crippen LogP contribution is 2.32. The molecule has 0 aromatic heterocycles. The molecule has 1 aliphatic rings. The lowest BCUT2D eigenvalue weighted by atomic mass is 9.98. The zero-order valence-electron chi connectivity index (χ0n) is 12.9. The molecule has 3 unspecified atom stereocenters. The average Bonchev–Trinajstić information content (AvgIpc) is 2.77. The smallest absolute Gasteiger partial charge is 0.240 e. The van der Waals surface area contributed by atoms with E-state index < -0.39 is 10.0 Å². The molecule has 21 heavy (non-hydrogen) atoms. The Morgan fingerprint density at radius 3 is 2.38 bits per heavy atom. The molecule has 0 aliphatic heterocycles. The summed E-state index contributed by atoms with van der Waals surface area (Å²) >= 11 is 0. The molecule has 118 valence electrons. The van der Waals surface area contributed by atoms with Gasteiger partial charge in [-0.15, -0.1) is 0 Å². The zero-order valence-corrected chi connectivity index (χ0v) is 13.7. The summed E-state index contributed by atoms with van der Waals surface area (Å²) in [5, 5.41) is 0. The fourth-order valence-electron chi connectivity index (χ4n) is 2.94. The molecule has 3 atom stereocenters. The predicted octanol–water partition coefficient (Wildman–Crippen LogP) is 2.29. The maximum Gasteiger partial charge on any atom is 0.240 e. The summed E-state index contributed by atoms with van der Waals surface area (Å²) in [6, 6.07) is 7.20. The Morgan fingerprint density at radius 1 is 1.19 bits per heavy atom. The van der Waals surface area contributed by atoms with Crippen LogP contribution in [0.3, 0.4) is 0 Å². The van der Waals surface area contributed by atoms with Crippen molar-refractivity contribution in [1.82, 2.24) is 4.72 Å². The Hall–Kier alpha value is -0.910. The van der Waals surface area contributed by atoms with Gasteiger partial charge in [-0.3, -0.25) is 0 Å². The van der Waals surface area contributed by atoms with Crippen molar-refractivity contribution in [3.8, 4) is 0 Å². The number of aryl methyl sites for hydroxylation is 1. The van der Waals surface area contributed by atoms with Crippen LogP contribution in [0.5, 0.6) is 0 Å². The van der Waals surface area contributed by atoms with E-state index in [0.717, 1.165) is 31.2 Å². The topological polar surface area (TPSA) is 72.2 Å². The van der Waals surface area contributed by atoms with Crippen LogP contribution < -0.4 is 10.5 Å². The van der Waals surface area contributed by atoms with E-state index in [2.05, 4.69) is 18.6 Å². The van der Waals surface area contributed by atoms with Gasteiger partial charge >= 0.3 is 0 Å². The van der Waals surface area contributed by atoms with Crippen molar-refractivity contribution in [2.75, 3.05) is 6.54 Å². The van der Waals surface area contributed by atoms with Crippen molar-refractivity contribution in [3.63, 3.8) is 0 Å². The lowest BCUT2D eigenvalue weighted by Gasteiger charge is -2.19. The second-order valence-electron chi connectivity index (χ2n) is 6.18. The van der Waals surface area contributed by atoms with Gasteiger partial charge in [-0.2, -0.15) is 0 Å². The number of nitrogens with two attached hydrogens (primary N) is 1. The molecular weight excluding hydrogens is 284 g/mol. The maximum absolute atomic E-state index is 12.4. The second kappa shape index (κ2) is 6.90. The normalized spacial score (nSPS) is 26.1. The Labute approximate surface area is 128 Å². The van der Waals surface area contributed by atoms with Crippen LogP contribution >= 0.6 is 0 Å². The number of nitrogens with one attached hydrogen (secondary N) is 1. The predicted molar refractivity (Wildman–Crippen MR) is 85.5 cm³/mol. The van der Waals surface area contributed by atoms with Gasteiger partial charge in [0.1, 0.15) is 0 Å². The van der Waals surface area contributed by atoms with E-state index in [1.54, 1.807) is 12.1 Å². The molecule has 5 heteroatoms. The first kappa shape index (κ1) is 16.5. The van der Waals surface area contributed by atoms with E-state index in [-0.39, 0.29) is 6.04 Å². The molecule has 0 heterocycles. The molecule has 1 aliphatic carbocycles. The summed E-state index contributed by atoms with van der Waals surface area (Å²) in [5.74, 6) is 0.972. The molecule has 1 fully saturated rings. The van der Waals surface area contributed by atoms with Crippen LogP contribution in [-0.4, -0.2) is 21.0 Å². The highest BCUT2D eigenvalue weighted by molar-refractivity contribution is 7.89. The van der Waals surface area contributed by atoms with Crippen LogP contribution in [0.2, 0.25) is 0 Å². The standard InChI is InChI=1S/C16H26N2O2S/c1-12-5-10-16(13(12)2)18-21(19,20)15-8-6-14(7-9-15)4-3-11-17/h6-9,12-13,16,18H,3-5,10-11,17H2,1-2H3. The largest absolute Gasteiger partial charge is 0.330 e. The van der Waals surface area contributed by atoms with E-state index in [0.29, 0.717) is 23.3 Å². The van der Waals surface area contributed by atoms with Gasteiger partial charge in [0.15, 0.2) is 0 Å². The third-order valence-corrected chi connectivity index (χ3v) is 6.18. The highest BCUT2D eigenvalue weighted by atomic mass is 32.2. The van der Waals surface area contributed by atoms with Crippen molar-refractivity contribution in [3.05, 3.63) is 29.8 Å². The van der Waals surface area contributed by atoms with E-state index in [9.17, 15) is 8.42 Å². The van der Waals surface area contributed by atoms with Gasteiger partial charge in [0.25, 0.3) is 0 Å². The summed E-state index contributed by atoms with van der Waals surface area (Å²) < 4.78 is 27.7. The quantitative estimate of drug-likeness (QED) is 0.847. The van der Waals surface area contributed by atoms with Crippen LogP contribution in [0.1, 0.15) is 38.7 Å². The van der Waals surface area contributed by atoms with E-state index in [1.807, 2.05) is 12.1 Å². The molecule has 1 aromatic rings. The minimum absolute atomic E-state index is 0.0573. The van der Waals surface area contributed by atoms with Crippen molar-refractivity contribution in [1.29, 1.82) is 0 Å².